The molecular weight excluding hydrogens is 494 g/mol. The SMILES string of the molecule is C[C@H](CCc1ccccc1)N(C(=O)[C@H](Cc1ccc(OC(C)(C)C)cc1)NC(=O)OC(C)(C)C)[C@H](C)C(N)=O. The molecule has 3 atom stereocenters. The lowest BCUT2D eigenvalue weighted by molar-refractivity contribution is -0.143. The Labute approximate surface area is 233 Å². The second kappa shape index (κ2) is 13.5. The average Bonchev–Trinajstić information content (AvgIpc) is 2.82. The van der Waals surface area contributed by atoms with Crippen LogP contribution in [0.3, 0.4) is 0 Å². The Morgan fingerprint density at radius 2 is 1.46 bits per heavy atom. The lowest BCUT2D eigenvalue weighted by Gasteiger charge is -2.36. The maximum Gasteiger partial charge on any atom is 0.408 e. The molecular formula is C31H45N3O5. The van der Waals surface area contributed by atoms with E-state index in [4.69, 9.17) is 15.2 Å². The molecule has 0 aliphatic rings. The highest BCUT2D eigenvalue weighted by Crippen LogP contribution is 2.21. The number of primary amides is 1. The summed E-state index contributed by atoms with van der Waals surface area (Å²) < 4.78 is 11.4. The molecule has 2 rings (SSSR count). The molecule has 0 unspecified atom stereocenters. The molecule has 0 radical (unpaired) electrons. The Morgan fingerprint density at radius 1 is 0.872 bits per heavy atom. The fraction of sp³-hybridized carbons (Fsp3) is 0.516. The minimum atomic E-state index is -0.977. The van der Waals surface area contributed by atoms with Crippen LogP contribution in [0.15, 0.2) is 54.6 Å². The van der Waals surface area contributed by atoms with Crippen molar-refractivity contribution in [3.8, 4) is 5.75 Å². The van der Waals surface area contributed by atoms with Crippen LogP contribution in [0.4, 0.5) is 4.79 Å². The van der Waals surface area contributed by atoms with Gasteiger partial charge in [0.25, 0.3) is 0 Å². The Bertz CT molecular complexity index is 1090. The number of carbonyl (C=O) groups is 3. The van der Waals surface area contributed by atoms with Crippen LogP contribution < -0.4 is 15.8 Å². The highest BCUT2D eigenvalue weighted by Gasteiger charge is 2.35. The summed E-state index contributed by atoms with van der Waals surface area (Å²) in [4.78, 5) is 40.6. The number of carbonyl (C=O) groups excluding carboxylic acids is 3. The van der Waals surface area contributed by atoms with Gasteiger partial charge in [0.15, 0.2) is 0 Å². The summed E-state index contributed by atoms with van der Waals surface area (Å²) >= 11 is 0. The highest BCUT2D eigenvalue weighted by atomic mass is 16.6. The molecule has 214 valence electrons. The van der Waals surface area contributed by atoms with Crippen molar-refractivity contribution in [3.05, 3.63) is 65.7 Å². The molecule has 39 heavy (non-hydrogen) atoms. The smallest absolute Gasteiger partial charge is 0.408 e. The van der Waals surface area contributed by atoms with Crippen LogP contribution in [0.1, 0.15) is 72.9 Å². The Balaban J connectivity index is 2.33. The molecule has 2 aromatic carbocycles. The minimum absolute atomic E-state index is 0.196. The van der Waals surface area contributed by atoms with Crippen molar-refractivity contribution < 1.29 is 23.9 Å². The molecule has 0 saturated heterocycles. The standard InChI is InChI=1S/C31H45N3O5/c1-21(14-15-23-12-10-9-11-13-23)34(22(2)27(32)35)28(36)26(33-29(37)39-31(6,7)8)20-24-16-18-25(19-17-24)38-30(3,4)5/h9-13,16-19,21-22,26H,14-15,20H2,1-8H3,(H2,32,35)(H,33,37)/t21-,22-,26+/m1/s1. The first-order valence-corrected chi connectivity index (χ1v) is 13.5. The molecule has 0 fully saturated rings. The van der Waals surface area contributed by atoms with Crippen molar-refractivity contribution >= 4 is 17.9 Å². The maximum absolute atomic E-state index is 14.0. The van der Waals surface area contributed by atoms with Gasteiger partial charge in [-0.15, -0.1) is 0 Å². The summed E-state index contributed by atoms with van der Waals surface area (Å²) in [5.74, 6) is -0.315. The largest absolute Gasteiger partial charge is 0.488 e. The number of rotatable bonds is 11. The number of aryl methyl sites for hydroxylation is 1. The number of hydrogen-bond donors (Lipinski definition) is 2. The topological polar surface area (TPSA) is 111 Å². The molecule has 8 nitrogen and oxygen atoms in total. The summed E-state index contributed by atoms with van der Waals surface area (Å²) in [5, 5.41) is 2.74. The van der Waals surface area contributed by atoms with Gasteiger partial charge >= 0.3 is 6.09 Å². The fourth-order valence-corrected chi connectivity index (χ4v) is 4.20. The van der Waals surface area contributed by atoms with E-state index < -0.39 is 35.6 Å². The summed E-state index contributed by atoms with van der Waals surface area (Å²) in [7, 11) is 0. The zero-order valence-corrected chi connectivity index (χ0v) is 24.6. The van der Waals surface area contributed by atoms with Crippen LogP contribution in [-0.2, 0) is 27.2 Å². The number of hydrogen-bond acceptors (Lipinski definition) is 5. The van der Waals surface area contributed by atoms with Gasteiger partial charge in [-0.1, -0.05) is 42.5 Å². The predicted octanol–water partition coefficient (Wildman–Crippen LogP) is 5.02. The van der Waals surface area contributed by atoms with E-state index in [0.717, 1.165) is 17.5 Å². The van der Waals surface area contributed by atoms with E-state index in [2.05, 4.69) is 5.32 Å². The number of nitrogens with one attached hydrogen (secondary N) is 1. The molecule has 3 N–H and O–H groups in total. The minimum Gasteiger partial charge on any atom is -0.488 e. The summed E-state index contributed by atoms with van der Waals surface area (Å²) in [5.41, 5.74) is 6.52. The molecule has 0 saturated carbocycles. The number of alkyl carbamates (subject to hydrolysis) is 1. The van der Waals surface area contributed by atoms with Crippen molar-refractivity contribution in [3.63, 3.8) is 0 Å². The first kappa shape index (κ1) is 31.7. The van der Waals surface area contributed by atoms with Crippen LogP contribution >= 0.6 is 0 Å². The van der Waals surface area contributed by atoms with Crippen molar-refractivity contribution in [1.82, 2.24) is 10.2 Å². The quantitative estimate of drug-likeness (QED) is 0.416. The van der Waals surface area contributed by atoms with E-state index in [9.17, 15) is 14.4 Å². The molecule has 8 heteroatoms. The zero-order chi connectivity index (χ0) is 29.4. The van der Waals surface area contributed by atoms with Gasteiger partial charge in [-0.05, 0) is 91.5 Å². The van der Waals surface area contributed by atoms with Crippen LogP contribution in [0, 0.1) is 0 Å². The van der Waals surface area contributed by atoms with Gasteiger partial charge in [0.1, 0.15) is 29.0 Å². The molecule has 0 aliphatic carbocycles. The normalized spacial score (nSPS) is 14.1. The van der Waals surface area contributed by atoms with E-state index in [1.165, 1.54) is 4.90 Å². The summed E-state index contributed by atoms with van der Waals surface area (Å²) in [6.07, 6.45) is 0.820. The van der Waals surface area contributed by atoms with Gasteiger partial charge in [0.2, 0.25) is 11.8 Å². The van der Waals surface area contributed by atoms with Crippen LogP contribution in [-0.4, -0.2) is 52.1 Å². The van der Waals surface area contributed by atoms with Crippen molar-refractivity contribution in [2.75, 3.05) is 0 Å². The number of ether oxygens (including phenoxy) is 2. The van der Waals surface area contributed by atoms with Crippen molar-refractivity contribution in [2.24, 2.45) is 5.73 Å². The number of amides is 3. The first-order valence-electron chi connectivity index (χ1n) is 13.5. The number of nitrogens with zero attached hydrogens (tertiary/aromatic N) is 1. The Morgan fingerprint density at radius 3 is 1.97 bits per heavy atom. The molecule has 0 heterocycles. The predicted molar refractivity (Wildman–Crippen MR) is 153 cm³/mol. The molecule has 0 aromatic heterocycles. The van der Waals surface area contributed by atoms with E-state index in [1.807, 2.05) is 82.3 Å². The second-order valence-electron chi connectivity index (χ2n) is 12.0. The van der Waals surface area contributed by atoms with Crippen LogP contribution in [0.5, 0.6) is 5.75 Å². The number of nitrogens with two attached hydrogens (primary N) is 1. The van der Waals surface area contributed by atoms with Gasteiger partial charge < -0.3 is 25.4 Å². The zero-order valence-electron chi connectivity index (χ0n) is 24.6. The molecule has 2 aromatic rings. The third kappa shape index (κ3) is 11.0. The van der Waals surface area contributed by atoms with E-state index in [0.29, 0.717) is 12.2 Å². The summed E-state index contributed by atoms with van der Waals surface area (Å²) in [6, 6.07) is 15.2. The number of benzene rings is 2. The average molecular weight is 540 g/mol. The molecule has 0 bridgehead atoms. The lowest BCUT2D eigenvalue weighted by atomic mass is 10.00. The Hall–Kier alpha value is -3.55. The van der Waals surface area contributed by atoms with E-state index in [1.54, 1.807) is 27.7 Å². The Kier molecular flexibility index (Phi) is 11.0. The molecule has 0 spiro atoms. The highest BCUT2D eigenvalue weighted by molar-refractivity contribution is 5.91. The molecule has 0 aliphatic heterocycles. The van der Waals surface area contributed by atoms with Gasteiger partial charge in [0, 0.05) is 12.5 Å². The van der Waals surface area contributed by atoms with Gasteiger partial charge in [-0.25, -0.2) is 4.79 Å². The summed E-state index contributed by atoms with van der Waals surface area (Å²) in [6.45, 7) is 14.7. The molecule has 3 amide bonds. The lowest BCUT2D eigenvalue weighted by Crippen LogP contribution is -2.58. The second-order valence-corrected chi connectivity index (χ2v) is 12.0. The fourth-order valence-electron chi connectivity index (χ4n) is 4.20. The first-order chi connectivity index (χ1) is 18.1. The van der Waals surface area contributed by atoms with Crippen molar-refractivity contribution in [2.45, 2.75) is 104 Å². The van der Waals surface area contributed by atoms with Gasteiger partial charge in [0.05, 0.1) is 0 Å². The third-order valence-electron chi connectivity index (χ3n) is 6.03. The van der Waals surface area contributed by atoms with Crippen LogP contribution in [0.25, 0.3) is 0 Å². The van der Waals surface area contributed by atoms with Crippen LogP contribution in [0.2, 0.25) is 0 Å². The van der Waals surface area contributed by atoms with Crippen molar-refractivity contribution in [1.29, 1.82) is 0 Å². The van der Waals surface area contributed by atoms with E-state index >= 15 is 0 Å². The maximum atomic E-state index is 14.0. The van der Waals surface area contributed by atoms with Gasteiger partial charge in [-0.2, -0.15) is 0 Å². The monoisotopic (exact) mass is 539 g/mol. The third-order valence-corrected chi connectivity index (χ3v) is 6.03. The van der Waals surface area contributed by atoms with E-state index in [-0.39, 0.29) is 18.1 Å². The van der Waals surface area contributed by atoms with Gasteiger partial charge in [-0.3, -0.25) is 9.59 Å².